The maximum Gasteiger partial charge on any atom is 0.240 e. The van der Waals surface area contributed by atoms with Crippen LogP contribution >= 0.6 is 15.9 Å². The molecule has 5 heteroatoms. The van der Waals surface area contributed by atoms with Crippen LogP contribution in [-0.2, 0) is 4.79 Å². The molecule has 0 saturated heterocycles. The van der Waals surface area contributed by atoms with Gasteiger partial charge in [0.2, 0.25) is 6.08 Å². The summed E-state index contributed by atoms with van der Waals surface area (Å²) in [5.74, 6) is -1.80. The lowest BCUT2D eigenvalue weighted by atomic mass is 10.3. The zero-order valence-electron chi connectivity index (χ0n) is 5.64. The van der Waals surface area contributed by atoms with E-state index in [9.17, 15) is 13.6 Å². The van der Waals surface area contributed by atoms with Gasteiger partial charge in [-0.15, -0.1) is 0 Å². The number of nitrogens with zero attached hydrogens (tertiary/aromatic N) is 1. The molecule has 1 aromatic carbocycles. The molecule has 0 aromatic heterocycles. The summed E-state index contributed by atoms with van der Waals surface area (Å²) in [5.41, 5.74) is -0.617. The van der Waals surface area contributed by atoms with Crippen LogP contribution in [0.4, 0.5) is 14.5 Å². The third-order valence-electron chi connectivity index (χ3n) is 1.14. The Bertz CT molecular complexity index is 337. The van der Waals surface area contributed by atoms with Crippen LogP contribution in [0.15, 0.2) is 21.6 Å². The van der Waals surface area contributed by atoms with Crippen LogP contribution in [0.2, 0.25) is 0 Å². The lowest BCUT2D eigenvalue weighted by Gasteiger charge is -1.96. The zero-order chi connectivity index (χ0) is 9.14. The minimum Gasteiger partial charge on any atom is -0.211 e. The first-order valence-electron chi connectivity index (χ1n) is 2.87. The van der Waals surface area contributed by atoms with Crippen molar-refractivity contribution in [2.75, 3.05) is 0 Å². The molecule has 12 heavy (non-hydrogen) atoms. The normalized spacial score (nSPS) is 9.25. The lowest BCUT2D eigenvalue weighted by molar-refractivity contribution is 0.560. The van der Waals surface area contributed by atoms with Crippen molar-refractivity contribution in [3.8, 4) is 0 Å². The number of hydrogen-bond acceptors (Lipinski definition) is 2. The van der Waals surface area contributed by atoms with E-state index in [1.54, 1.807) is 0 Å². The topological polar surface area (TPSA) is 29.4 Å². The Hall–Kier alpha value is -1.06. The van der Waals surface area contributed by atoms with E-state index in [0.29, 0.717) is 0 Å². The van der Waals surface area contributed by atoms with Gasteiger partial charge in [0.05, 0.1) is 0 Å². The van der Waals surface area contributed by atoms with Crippen molar-refractivity contribution in [3.63, 3.8) is 0 Å². The van der Waals surface area contributed by atoms with Crippen LogP contribution in [0.5, 0.6) is 0 Å². The first-order valence-corrected chi connectivity index (χ1v) is 3.67. The van der Waals surface area contributed by atoms with Crippen molar-refractivity contribution in [2.24, 2.45) is 4.99 Å². The predicted molar refractivity (Wildman–Crippen MR) is 41.8 cm³/mol. The van der Waals surface area contributed by atoms with E-state index >= 15 is 0 Å². The van der Waals surface area contributed by atoms with Gasteiger partial charge in [0.15, 0.2) is 11.6 Å². The maximum absolute atomic E-state index is 12.8. The van der Waals surface area contributed by atoms with Crippen LogP contribution in [0.1, 0.15) is 0 Å². The second-order valence-corrected chi connectivity index (χ2v) is 2.84. The smallest absolute Gasteiger partial charge is 0.211 e. The van der Waals surface area contributed by atoms with Gasteiger partial charge in [0.25, 0.3) is 0 Å². The van der Waals surface area contributed by atoms with Gasteiger partial charge in [0, 0.05) is 4.47 Å². The second kappa shape index (κ2) is 3.56. The molecular weight excluding hydrogens is 232 g/mol. The first kappa shape index (κ1) is 9.03. The van der Waals surface area contributed by atoms with Crippen molar-refractivity contribution in [1.29, 1.82) is 0 Å². The van der Waals surface area contributed by atoms with Crippen molar-refractivity contribution in [2.45, 2.75) is 0 Å². The second-order valence-electron chi connectivity index (χ2n) is 1.92. The number of aliphatic imine (C=N–C) groups is 1. The standard InChI is InChI=1S/C7H2BrF2NO/c8-4-1-5(9)7(11-3-12)6(10)2-4/h1-2H. The molecule has 0 bridgehead atoms. The number of benzene rings is 1. The van der Waals surface area contributed by atoms with Crippen LogP contribution in [0, 0.1) is 11.6 Å². The highest BCUT2D eigenvalue weighted by atomic mass is 79.9. The van der Waals surface area contributed by atoms with Gasteiger partial charge in [-0.2, -0.15) is 4.99 Å². The molecular formula is C7H2BrF2NO. The van der Waals surface area contributed by atoms with E-state index in [4.69, 9.17) is 0 Å². The molecule has 0 fully saturated rings. The van der Waals surface area contributed by atoms with E-state index in [1.807, 2.05) is 0 Å². The Morgan fingerprint density at radius 3 is 2.25 bits per heavy atom. The van der Waals surface area contributed by atoms with Crippen molar-refractivity contribution in [3.05, 3.63) is 28.2 Å². The first-order chi connectivity index (χ1) is 5.65. The summed E-state index contributed by atoms with van der Waals surface area (Å²) in [6, 6.07) is 2.03. The highest BCUT2D eigenvalue weighted by Gasteiger charge is 2.08. The van der Waals surface area contributed by atoms with Crippen LogP contribution in [-0.4, -0.2) is 6.08 Å². The Labute approximate surface area is 75.1 Å². The molecule has 2 nitrogen and oxygen atoms in total. The largest absolute Gasteiger partial charge is 0.240 e. The highest BCUT2D eigenvalue weighted by molar-refractivity contribution is 9.10. The average molecular weight is 234 g/mol. The van der Waals surface area contributed by atoms with Crippen molar-refractivity contribution < 1.29 is 13.6 Å². The van der Waals surface area contributed by atoms with E-state index in [-0.39, 0.29) is 4.47 Å². The summed E-state index contributed by atoms with van der Waals surface area (Å²) < 4.78 is 25.8. The third kappa shape index (κ3) is 1.75. The maximum atomic E-state index is 12.8. The Morgan fingerprint density at radius 1 is 1.33 bits per heavy atom. The zero-order valence-corrected chi connectivity index (χ0v) is 7.23. The van der Waals surface area contributed by atoms with Gasteiger partial charge >= 0.3 is 0 Å². The molecule has 0 spiro atoms. The minimum absolute atomic E-state index is 0.252. The monoisotopic (exact) mass is 233 g/mol. The SMILES string of the molecule is O=C=Nc1c(F)cc(Br)cc1F. The summed E-state index contributed by atoms with van der Waals surface area (Å²) in [6.45, 7) is 0. The molecule has 0 heterocycles. The quantitative estimate of drug-likeness (QED) is 0.542. The van der Waals surface area contributed by atoms with Crippen LogP contribution in [0.3, 0.4) is 0 Å². The fraction of sp³-hybridized carbons (Fsp3) is 0. The van der Waals surface area contributed by atoms with E-state index in [1.165, 1.54) is 0 Å². The highest BCUT2D eigenvalue weighted by Crippen LogP contribution is 2.25. The Balaban J connectivity index is 3.37. The summed E-state index contributed by atoms with van der Waals surface area (Å²) in [5, 5.41) is 0. The van der Waals surface area contributed by atoms with Gasteiger partial charge in [-0.1, -0.05) is 15.9 Å². The van der Waals surface area contributed by atoms with Gasteiger partial charge in [0.1, 0.15) is 5.69 Å². The molecule has 0 atom stereocenters. The van der Waals surface area contributed by atoms with Crippen LogP contribution < -0.4 is 0 Å². The Kier molecular flexibility index (Phi) is 2.68. The predicted octanol–water partition coefficient (Wildman–Crippen LogP) is 2.69. The number of carbonyl (C=O) groups excluding carboxylic acids is 1. The molecule has 0 unspecified atom stereocenters. The fourth-order valence-corrected chi connectivity index (χ4v) is 1.09. The lowest BCUT2D eigenvalue weighted by Crippen LogP contribution is -1.82. The molecule has 0 radical (unpaired) electrons. The Morgan fingerprint density at radius 2 is 1.83 bits per heavy atom. The number of hydrogen-bond donors (Lipinski definition) is 0. The molecule has 0 saturated carbocycles. The molecule has 62 valence electrons. The summed E-state index contributed by atoms with van der Waals surface area (Å²) in [7, 11) is 0. The third-order valence-corrected chi connectivity index (χ3v) is 1.60. The number of halogens is 3. The summed E-state index contributed by atoms with van der Waals surface area (Å²) in [4.78, 5) is 12.6. The summed E-state index contributed by atoms with van der Waals surface area (Å²) >= 11 is 2.88. The van der Waals surface area contributed by atoms with Crippen molar-refractivity contribution in [1.82, 2.24) is 0 Å². The number of rotatable bonds is 1. The van der Waals surface area contributed by atoms with Gasteiger partial charge in [-0.05, 0) is 12.1 Å². The van der Waals surface area contributed by atoms with E-state index < -0.39 is 17.3 Å². The summed E-state index contributed by atoms with van der Waals surface area (Å²) in [6.07, 6.45) is 1.06. The van der Waals surface area contributed by atoms with Crippen molar-refractivity contribution >= 4 is 27.7 Å². The minimum atomic E-state index is -0.898. The van der Waals surface area contributed by atoms with Gasteiger partial charge < -0.3 is 0 Å². The van der Waals surface area contributed by atoms with Crippen LogP contribution in [0.25, 0.3) is 0 Å². The molecule has 0 aliphatic rings. The molecule has 1 rings (SSSR count). The molecule has 0 amide bonds. The molecule has 0 aliphatic heterocycles. The van der Waals surface area contributed by atoms with Gasteiger partial charge in [-0.3, -0.25) is 0 Å². The average Bonchev–Trinajstić information content (AvgIpc) is 1.96. The molecule has 1 aromatic rings. The van der Waals surface area contributed by atoms with Gasteiger partial charge in [-0.25, -0.2) is 13.6 Å². The number of isocyanates is 1. The van der Waals surface area contributed by atoms with E-state index in [0.717, 1.165) is 18.2 Å². The molecule has 0 aliphatic carbocycles. The molecule has 0 N–H and O–H groups in total. The van der Waals surface area contributed by atoms with E-state index in [2.05, 4.69) is 20.9 Å². The fourth-order valence-electron chi connectivity index (χ4n) is 0.687.